The summed E-state index contributed by atoms with van der Waals surface area (Å²) in [7, 11) is 0. The van der Waals surface area contributed by atoms with Crippen molar-refractivity contribution in [1.29, 1.82) is 0 Å². The van der Waals surface area contributed by atoms with Gasteiger partial charge in [0.05, 0.1) is 12.7 Å². The van der Waals surface area contributed by atoms with Crippen LogP contribution in [0.25, 0.3) is 0 Å². The SMILES string of the molecule is FC(F)Oc1ccc(Cl)cc1CNCCOC1CCCC1. The van der Waals surface area contributed by atoms with Crippen molar-refractivity contribution in [3.05, 3.63) is 28.8 Å². The van der Waals surface area contributed by atoms with Crippen molar-refractivity contribution < 1.29 is 18.3 Å². The van der Waals surface area contributed by atoms with Gasteiger partial charge in [-0.1, -0.05) is 24.4 Å². The predicted molar refractivity (Wildman–Crippen MR) is 78.0 cm³/mol. The van der Waals surface area contributed by atoms with E-state index in [9.17, 15) is 8.78 Å². The molecule has 0 atom stereocenters. The minimum atomic E-state index is -2.84. The average Bonchev–Trinajstić information content (AvgIpc) is 2.94. The maximum atomic E-state index is 12.3. The summed E-state index contributed by atoms with van der Waals surface area (Å²) in [6.45, 7) is -1.14. The van der Waals surface area contributed by atoms with Gasteiger partial charge in [-0.15, -0.1) is 0 Å². The van der Waals surface area contributed by atoms with Gasteiger partial charge in [0.1, 0.15) is 5.75 Å². The average molecular weight is 320 g/mol. The van der Waals surface area contributed by atoms with Crippen LogP contribution in [-0.4, -0.2) is 25.9 Å². The van der Waals surface area contributed by atoms with Crippen LogP contribution in [0.1, 0.15) is 31.2 Å². The molecule has 1 saturated carbocycles. The molecular formula is C15H20ClF2NO2. The lowest BCUT2D eigenvalue weighted by Crippen LogP contribution is -2.22. The number of nitrogens with one attached hydrogen (secondary N) is 1. The van der Waals surface area contributed by atoms with Crippen molar-refractivity contribution in [2.24, 2.45) is 0 Å². The van der Waals surface area contributed by atoms with Crippen LogP contribution in [-0.2, 0) is 11.3 Å². The Labute approximate surface area is 128 Å². The molecule has 1 aliphatic rings. The van der Waals surface area contributed by atoms with Gasteiger partial charge < -0.3 is 14.8 Å². The molecule has 0 spiro atoms. The van der Waals surface area contributed by atoms with Gasteiger partial charge in [-0.2, -0.15) is 8.78 Å². The second-order valence-electron chi connectivity index (χ2n) is 5.08. The summed E-state index contributed by atoms with van der Waals surface area (Å²) < 4.78 is 34.8. The van der Waals surface area contributed by atoms with Crippen LogP contribution < -0.4 is 10.1 Å². The van der Waals surface area contributed by atoms with E-state index in [0.29, 0.717) is 36.4 Å². The summed E-state index contributed by atoms with van der Waals surface area (Å²) in [4.78, 5) is 0. The zero-order valence-corrected chi connectivity index (χ0v) is 12.5. The largest absolute Gasteiger partial charge is 0.434 e. The lowest BCUT2D eigenvalue weighted by Gasteiger charge is -2.13. The fourth-order valence-electron chi connectivity index (χ4n) is 2.47. The maximum absolute atomic E-state index is 12.3. The van der Waals surface area contributed by atoms with E-state index in [4.69, 9.17) is 16.3 Å². The molecule has 1 fully saturated rings. The lowest BCUT2D eigenvalue weighted by atomic mass is 10.2. The van der Waals surface area contributed by atoms with Gasteiger partial charge in [-0.3, -0.25) is 0 Å². The third-order valence-electron chi connectivity index (χ3n) is 3.49. The number of alkyl halides is 2. The van der Waals surface area contributed by atoms with Gasteiger partial charge in [0, 0.05) is 23.7 Å². The van der Waals surface area contributed by atoms with Crippen LogP contribution in [0.5, 0.6) is 5.75 Å². The highest BCUT2D eigenvalue weighted by atomic mass is 35.5. The fraction of sp³-hybridized carbons (Fsp3) is 0.600. The third-order valence-corrected chi connectivity index (χ3v) is 3.72. The van der Waals surface area contributed by atoms with E-state index < -0.39 is 6.61 Å². The molecule has 0 amide bonds. The Kier molecular flexibility index (Phi) is 6.67. The predicted octanol–water partition coefficient (Wildman–Crippen LogP) is 3.99. The molecule has 0 bridgehead atoms. The Hall–Kier alpha value is -0.910. The van der Waals surface area contributed by atoms with E-state index in [0.717, 1.165) is 12.8 Å². The Morgan fingerprint density at radius 1 is 1.29 bits per heavy atom. The van der Waals surface area contributed by atoms with Gasteiger partial charge in [-0.05, 0) is 31.0 Å². The summed E-state index contributed by atoms with van der Waals surface area (Å²) in [6.07, 6.45) is 5.15. The lowest BCUT2D eigenvalue weighted by molar-refractivity contribution is -0.0505. The summed E-state index contributed by atoms with van der Waals surface area (Å²) in [5.74, 6) is 0.151. The van der Waals surface area contributed by atoms with Crippen molar-refractivity contribution in [3.8, 4) is 5.75 Å². The molecule has 1 aromatic rings. The monoisotopic (exact) mass is 319 g/mol. The Balaban J connectivity index is 1.74. The standard InChI is InChI=1S/C15H20ClF2NO2/c16-12-5-6-14(21-15(17)18)11(9-12)10-19-7-8-20-13-3-1-2-4-13/h5-6,9,13,15,19H,1-4,7-8,10H2. The molecule has 1 aromatic carbocycles. The second-order valence-corrected chi connectivity index (χ2v) is 5.52. The van der Waals surface area contributed by atoms with E-state index in [1.54, 1.807) is 6.07 Å². The summed E-state index contributed by atoms with van der Waals surface area (Å²) in [5, 5.41) is 3.65. The summed E-state index contributed by atoms with van der Waals surface area (Å²) >= 11 is 5.88. The van der Waals surface area contributed by atoms with E-state index in [2.05, 4.69) is 10.1 Å². The number of hydrogen-bond acceptors (Lipinski definition) is 3. The highest BCUT2D eigenvalue weighted by molar-refractivity contribution is 6.30. The van der Waals surface area contributed by atoms with Crippen LogP contribution in [0.3, 0.4) is 0 Å². The second kappa shape index (κ2) is 8.51. The van der Waals surface area contributed by atoms with Gasteiger partial charge in [0.15, 0.2) is 0 Å². The molecule has 6 heteroatoms. The van der Waals surface area contributed by atoms with E-state index in [1.165, 1.54) is 25.0 Å². The van der Waals surface area contributed by atoms with Crippen LogP contribution in [0.15, 0.2) is 18.2 Å². The normalized spacial score (nSPS) is 15.8. The Morgan fingerprint density at radius 2 is 2.05 bits per heavy atom. The van der Waals surface area contributed by atoms with Crippen molar-refractivity contribution in [2.45, 2.75) is 44.9 Å². The molecule has 0 saturated heterocycles. The van der Waals surface area contributed by atoms with Crippen LogP contribution in [0.4, 0.5) is 8.78 Å². The van der Waals surface area contributed by atoms with E-state index in [-0.39, 0.29) is 5.75 Å². The highest BCUT2D eigenvalue weighted by Crippen LogP contribution is 2.24. The molecule has 0 heterocycles. The smallest absolute Gasteiger partial charge is 0.387 e. The van der Waals surface area contributed by atoms with Crippen LogP contribution in [0, 0.1) is 0 Å². The minimum Gasteiger partial charge on any atom is -0.434 e. The molecular weight excluding hydrogens is 300 g/mol. The van der Waals surface area contributed by atoms with Gasteiger partial charge in [0.2, 0.25) is 0 Å². The number of hydrogen-bond donors (Lipinski definition) is 1. The van der Waals surface area contributed by atoms with Crippen molar-refractivity contribution in [1.82, 2.24) is 5.32 Å². The zero-order chi connectivity index (χ0) is 15.1. The molecule has 1 aliphatic carbocycles. The molecule has 0 aliphatic heterocycles. The maximum Gasteiger partial charge on any atom is 0.387 e. The molecule has 118 valence electrons. The van der Waals surface area contributed by atoms with Crippen LogP contribution in [0.2, 0.25) is 5.02 Å². The fourth-order valence-corrected chi connectivity index (χ4v) is 2.67. The Bertz CT molecular complexity index is 440. The first kappa shape index (κ1) is 16.5. The molecule has 3 nitrogen and oxygen atoms in total. The molecule has 2 rings (SSSR count). The third kappa shape index (κ3) is 5.77. The number of halogens is 3. The first-order valence-electron chi connectivity index (χ1n) is 7.20. The van der Waals surface area contributed by atoms with Crippen molar-refractivity contribution in [3.63, 3.8) is 0 Å². The number of rotatable bonds is 8. The first-order chi connectivity index (χ1) is 10.1. The highest BCUT2D eigenvalue weighted by Gasteiger charge is 2.14. The molecule has 0 aromatic heterocycles. The summed E-state index contributed by atoms with van der Waals surface area (Å²) in [5.41, 5.74) is 0.615. The first-order valence-corrected chi connectivity index (χ1v) is 7.58. The topological polar surface area (TPSA) is 30.5 Å². The van der Waals surface area contributed by atoms with Gasteiger partial charge in [-0.25, -0.2) is 0 Å². The quantitative estimate of drug-likeness (QED) is 0.735. The minimum absolute atomic E-state index is 0.151. The zero-order valence-electron chi connectivity index (χ0n) is 11.8. The Morgan fingerprint density at radius 3 is 2.76 bits per heavy atom. The van der Waals surface area contributed by atoms with Crippen molar-refractivity contribution >= 4 is 11.6 Å². The van der Waals surface area contributed by atoms with Gasteiger partial charge in [0.25, 0.3) is 0 Å². The molecule has 1 N–H and O–H groups in total. The van der Waals surface area contributed by atoms with Crippen molar-refractivity contribution in [2.75, 3.05) is 13.2 Å². The molecule has 21 heavy (non-hydrogen) atoms. The number of benzene rings is 1. The van der Waals surface area contributed by atoms with Crippen LogP contribution >= 0.6 is 11.6 Å². The molecule has 0 radical (unpaired) electrons. The van der Waals surface area contributed by atoms with E-state index in [1.807, 2.05) is 0 Å². The van der Waals surface area contributed by atoms with Gasteiger partial charge >= 0.3 is 6.61 Å². The van der Waals surface area contributed by atoms with E-state index >= 15 is 0 Å². The molecule has 0 unspecified atom stereocenters. The number of ether oxygens (including phenoxy) is 2. The summed E-state index contributed by atoms with van der Waals surface area (Å²) in [6, 6.07) is 4.62.